The predicted molar refractivity (Wildman–Crippen MR) is 84.2 cm³/mol. The molecule has 2 aliphatic heterocycles. The third-order valence-corrected chi connectivity index (χ3v) is 4.48. The molecule has 0 aliphatic carbocycles. The molecule has 1 aromatic rings. The average Bonchev–Trinajstić information content (AvgIpc) is 2.83. The van der Waals surface area contributed by atoms with Crippen LogP contribution < -0.4 is 10.1 Å². The summed E-state index contributed by atoms with van der Waals surface area (Å²) < 4.78 is 10.2. The Hall–Kier alpha value is -2.48. The molecule has 3 rings (SSSR count). The van der Waals surface area contributed by atoms with E-state index in [4.69, 9.17) is 14.6 Å². The summed E-state index contributed by atoms with van der Waals surface area (Å²) in [6.07, 6.45) is -0.843. The van der Waals surface area contributed by atoms with Crippen molar-refractivity contribution >= 4 is 17.9 Å². The number of fused-ring (bicyclic) bond motifs is 1. The molecule has 8 nitrogen and oxygen atoms in total. The Morgan fingerprint density at radius 2 is 2.25 bits per heavy atom. The maximum Gasteiger partial charge on any atom is 0.511 e. The molecule has 0 fully saturated rings. The number of carbonyl (C=O) groups is 2. The maximum atomic E-state index is 12.3. The summed E-state index contributed by atoms with van der Waals surface area (Å²) in [5.74, 6) is 0.0158. The summed E-state index contributed by atoms with van der Waals surface area (Å²) in [4.78, 5) is 32.3. The van der Waals surface area contributed by atoms with E-state index in [1.54, 1.807) is 13.0 Å². The normalized spacial score (nSPS) is 22.8. The number of pyridine rings is 1. The van der Waals surface area contributed by atoms with Crippen LogP contribution in [0.2, 0.25) is 0 Å². The highest BCUT2D eigenvalue weighted by atomic mass is 16.7. The molecule has 3 heterocycles. The van der Waals surface area contributed by atoms with Crippen LogP contribution in [-0.2, 0) is 22.6 Å². The second kappa shape index (κ2) is 5.86. The molecule has 0 saturated heterocycles. The van der Waals surface area contributed by atoms with Crippen LogP contribution in [0.3, 0.4) is 0 Å². The number of amides is 1. The molecule has 2 aliphatic rings. The van der Waals surface area contributed by atoms with Gasteiger partial charge in [0.1, 0.15) is 11.2 Å². The number of rotatable bonds is 3. The number of carbonyl (C=O) groups excluding carboxylic acids is 1. The Balaban J connectivity index is 2.09. The molecule has 0 aromatic carbocycles. The second-order valence-electron chi connectivity index (χ2n) is 6.33. The van der Waals surface area contributed by atoms with Gasteiger partial charge in [-0.2, -0.15) is 0 Å². The van der Waals surface area contributed by atoms with Gasteiger partial charge in [0.05, 0.1) is 13.2 Å². The van der Waals surface area contributed by atoms with Crippen LogP contribution in [0.15, 0.2) is 11.1 Å². The van der Waals surface area contributed by atoms with Crippen molar-refractivity contribution in [3.8, 4) is 5.75 Å². The first kappa shape index (κ1) is 16.4. The van der Waals surface area contributed by atoms with E-state index in [1.165, 1.54) is 0 Å². The topological polar surface area (TPSA) is 110 Å². The number of amidine groups is 1. The first-order valence-corrected chi connectivity index (χ1v) is 7.74. The van der Waals surface area contributed by atoms with Crippen LogP contribution in [0.1, 0.15) is 37.7 Å². The van der Waals surface area contributed by atoms with Crippen molar-refractivity contribution in [2.24, 2.45) is 10.9 Å². The average molecular weight is 333 g/mol. The van der Waals surface area contributed by atoms with E-state index in [0.717, 1.165) is 11.3 Å². The first-order valence-electron chi connectivity index (χ1n) is 7.74. The summed E-state index contributed by atoms with van der Waals surface area (Å²) >= 11 is 0. The Morgan fingerprint density at radius 3 is 2.88 bits per heavy atom. The largest absolute Gasteiger partial charge is 0.511 e. The highest BCUT2D eigenvalue weighted by molar-refractivity contribution is 6.15. The van der Waals surface area contributed by atoms with Gasteiger partial charge in [-0.25, -0.2) is 14.8 Å². The smallest absolute Gasteiger partial charge is 0.449 e. The molecule has 0 saturated carbocycles. The Kier molecular flexibility index (Phi) is 4.00. The third-order valence-electron chi connectivity index (χ3n) is 4.48. The molecular weight excluding hydrogens is 314 g/mol. The van der Waals surface area contributed by atoms with E-state index in [-0.39, 0.29) is 29.1 Å². The van der Waals surface area contributed by atoms with Gasteiger partial charge in [-0.15, -0.1) is 0 Å². The lowest BCUT2D eigenvalue weighted by molar-refractivity contribution is -0.124. The summed E-state index contributed by atoms with van der Waals surface area (Å²) in [6, 6.07) is 1.59. The van der Waals surface area contributed by atoms with Crippen molar-refractivity contribution in [2.45, 2.75) is 39.3 Å². The summed E-state index contributed by atoms with van der Waals surface area (Å²) in [6.45, 7) is 6.43. The molecule has 128 valence electrons. The number of nitrogens with zero attached hydrogens (tertiary/aromatic N) is 2. The Morgan fingerprint density at radius 1 is 1.50 bits per heavy atom. The minimum absolute atomic E-state index is 0.0233. The second-order valence-corrected chi connectivity index (χ2v) is 6.33. The number of aromatic nitrogens is 1. The zero-order valence-corrected chi connectivity index (χ0v) is 13.8. The van der Waals surface area contributed by atoms with Gasteiger partial charge >= 0.3 is 6.16 Å². The van der Waals surface area contributed by atoms with Gasteiger partial charge in [0, 0.05) is 17.7 Å². The lowest BCUT2D eigenvalue weighted by atomic mass is 9.89. The van der Waals surface area contributed by atoms with Crippen molar-refractivity contribution < 1.29 is 24.2 Å². The third kappa shape index (κ3) is 2.73. The zero-order valence-electron chi connectivity index (χ0n) is 13.8. The maximum absolute atomic E-state index is 12.3. The Bertz CT molecular complexity index is 743. The van der Waals surface area contributed by atoms with Crippen molar-refractivity contribution in [3.05, 3.63) is 23.0 Å². The van der Waals surface area contributed by atoms with Gasteiger partial charge in [0.25, 0.3) is 5.91 Å². The SMILES string of the molecule is CC(C)C1(C)N=C(c2nc3c(cc2OC(=O)O)COCC3)NC1=O. The minimum atomic E-state index is -1.45. The van der Waals surface area contributed by atoms with Crippen LogP contribution in [0.5, 0.6) is 5.75 Å². The lowest BCUT2D eigenvalue weighted by Crippen LogP contribution is -2.41. The molecule has 1 amide bonds. The van der Waals surface area contributed by atoms with E-state index in [0.29, 0.717) is 19.6 Å². The van der Waals surface area contributed by atoms with E-state index in [9.17, 15) is 9.59 Å². The van der Waals surface area contributed by atoms with Gasteiger partial charge in [-0.05, 0) is 18.9 Å². The van der Waals surface area contributed by atoms with Crippen LogP contribution in [-0.4, -0.2) is 40.1 Å². The first-order chi connectivity index (χ1) is 11.3. The summed E-state index contributed by atoms with van der Waals surface area (Å²) in [7, 11) is 0. The molecule has 0 bridgehead atoms. The van der Waals surface area contributed by atoms with Crippen LogP contribution in [0.25, 0.3) is 0 Å². The monoisotopic (exact) mass is 333 g/mol. The van der Waals surface area contributed by atoms with E-state index in [1.807, 2.05) is 13.8 Å². The molecule has 24 heavy (non-hydrogen) atoms. The lowest BCUT2D eigenvalue weighted by Gasteiger charge is -2.21. The molecule has 0 spiro atoms. The molecule has 1 atom stereocenters. The molecule has 8 heteroatoms. The standard InChI is InChI=1S/C16H19N3O5/c1-8(2)16(3)14(20)18-13(19-16)12-11(24-15(21)22)6-9-7-23-5-4-10(9)17-12/h6,8H,4-5,7H2,1-3H3,(H,21,22)(H,18,19,20). The number of aliphatic imine (C=N–C) groups is 1. The van der Waals surface area contributed by atoms with Crippen molar-refractivity contribution in [1.29, 1.82) is 0 Å². The fourth-order valence-electron chi connectivity index (χ4n) is 2.65. The number of carboxylic acid groups (broad SMARTS) is 1. The number of hydrogen-bond donors (Lipinski definition) is 2. The fraction of sp³-hybridized carbons (Fsp3) is 0.500. The van der Waals surface area contributed by atoms with E-state index < -0.39 is 11.7 Å². The molecule has 1 aromatic heterocycles. The minimum Gasteiger partial charge on any atom is -0.449 e. The van der Waals surface area contributed by atoms with Gasteiger partial charge in [-0.3, -0.25) is 4.79 Å². The number of hydrogen-bond acceptors (Lipinski definition) is 6. The molecule has 2 N–H and O–H groups in total. The predicted octanol–water partition coefficient (Wildman–Crippen LogP) is 1.50. The highest BCUT2D eigenvalue weighted by Gasteiger charge is 2.43. The van der Waals surface area contributed by atoms with Crippen molar-refractivity contribution in [1.82, 2.24) is 10.3 Å². The summed E-state index contributed by atoms with van der Waals surface area (Å²) in [5, 5.41) is 11.7. The van der Waals surface area contributed by atoms with Crippen molar-refractivity contribution in [2.75, 3.05) is 6.61 Å². The Labute approximate surface area is 138 Å². The summed E-state index contributed by atoms with van der Waals surface area (Å²) in [5.41, 5.74) is 0.883. The van der Waals surface area contributed by atoms with E-state index in [2.05, 4.69) is 15.3 Å². The van der Waals surface area contributed by atoms with Gasteiger partial charge in [-0.1, -0.05) is 13.8 Å². The molecule has 0 radical (unpaired) electrons. The van der Waals surface area contributed by atoms with Crippen molar-refractivity contribution in [3.63, 3.8) is 0 Å². The fourth-order valence-corrected chi connectivity index (χ4v) is 2.65. The number of nitrogens with one attached hydrogen (secondary N) is 1. The highest BCUT2D eigenvalue weighted by Crippen LogP contribution is 2.30. The number of ether oxygens (including phenoxy) is 2. The molecule has 1 unspecified atom stereocenters. The zero-order chi connectivity index (χ0) is 17.5. The van der Waals surface area contributed by atoms with E-state index >= 15 is 0 Å². The van der Waals surface area contributed by atoms with Gasteiger partial charge < -0.3 is 19.9 Å². The van der Waals surface area contributed by atoms with Gasteiger partial charge in [0.2, 0.25) is 0 Å². The quantitative estimate of drug-likeness (QED) is 0.811. The van der Waals surface area contributed by atoms with Crippen LogP contribution in [0.4, 0.5) is 4.79 Å². The van der Waals surface area contributed by atoms with Gasteiger partial charge in [0.15, 0.2) is 11.6 Å². The van der Waals surface area contributed by atoms with Crippen LogP contribution >= 0.6 is 0 Å². The molecular formula is C16H19N3O5. The van der Waals surface area contributed by atoms with Crippen LogP contribution in [0, 0.1) is 5.92 Å².